The minimum Gasteiger partial charge on any atom is -0.497 e. The average molecular weight is 483 g/mol. The maximum atomic E-state index is 12.6. The van der Waals surface area contributed by atoms with Gasteiger partial charge in [0.25, 0.3) is 0 Å². The average Bonchev–Trinajstić information content (AvgIpc) is 3.20. The molecule has 0 bridgehead atoms. The lowest BCUT2D eigenvalue weighted by Gasteiger charge is -2.08. The Bertz CT molecular complexity index is 1360. The van der Waals surface area contributed by atoms with Crippen LogP contribution in [-0.2, 0) is 4.79 Å². The van der Waals surface area contributed by atoms with Crippen molar-refractivity contribution < 1.29 is 14.3 Å². The zero-order valence-electron chi connectivity index (χ0n) is 18.1. The molecule has 0 saturated heterocycles. The number of benzene rings is 3. The first-order valence-electron chi connectivity index (χ1n) is 9.92. The second-order valence-corrected chi connectivity index (χ2v) is 8.02. The van der Waals surface area contributed by atoms with Crippen LogP contribution >= 0.6 is 23.2 Å². The molecule has 0 unspecified atom stereocenters. The van der Waals surface area contributed by atoms with Gasteiger partial charge >= 0.3 is 0 Å². The number of aromatic nitrogens is 3. The van der Waals surface area contributed by atoms with Crippen LogP contribution in [0.5, 0.6) is 11.5 Å². The molecule has 7 nitrogen and oxygen atoms in total. The number of carbonyl (C=O) groups is 1. The van der Waals surface area contributed by atoms with Gasteiger partial charge in [0, 0.05) is 22.3 Å². The van der Waals surface area contributed by atoms with E-state index in [0.29, 0.717) is 32.6 Å². The largest absolute Gasteiger partial charge is 0.497 e. The van der Waals surface area contributed by atoms with Gasteiger partial charge in [-0.3, -0.25) is 4.79 Å². The zero-order valence-corrected chi connectivity index (χ0v) is 19.6. The highest BCUT2D eigenvalue weighted by Crippen LogP contribution is 2.33. The molecule has 1 heterocycles. The number of methoxy groups -OCH3 is 2. The molecule has 0 aliphatic carbocycles. The Morgan fingerprint density at radius 2 is 1.70 bits per heavy atom. The van der Waals surface area contributed by atoms with E-state index in [1.54, 1.807) is 36.2 Å². The van der Waals surface area contributed by atoms with Crippen molar-refractivity contribution in [1.82, 2.24) is 15.0 Å². The number of rotatable bonds is 6. The van der Waals surface area contributed by atoms with Crippen LogP contribution in [0.4, 0.5) is 5.69 Å². The lowest BCUT2D eigenvalue weighted by atomic mass is 10.1. The molecular formula is C24H20Cl2N4O3. The van der Waals surface area contributed by atoms with Gasteiger partial charge in [-0.15, -0.1) is 10.2 Å². The molecule has 0 fully saturated rings. The first kappa shape index (κ1) is 22.6. The summed E-state index contributed by atoms with van der Waals surface area (Å²) in [4.78, 5) is 14.1. The molecule has 9 heteroatoms. The van der Waals surface area contributed by atoms with Crippen LogP contribution in [0.25, 0.3) is 22.8 Å². The van der Waals surface area contributed by atoms with E-state index in [1.807, 2.05) is 37.3 Å². The van der Waals surface area contributed by atoms with Gasteiger partial charge in [-0.25, -0.2) is 0 Å². The number of hydrogen-bond acceptors (Lipinski definition) is 5. The Morgan fingerprint density at radius 3 is 2.36 bits per heavy atom. The summed E-state index contributed by atoms with van der Waals surface area (Å²) in [5.74, 6) is 0.873. The fourth-order valence-corrected chi connectivity index (χ4v) is 3.88. The fourth-order valence-electron chi connectivity index (χ4n) is 3.29. The SMILES string of the molecule is COc1ccc(-n2nc3cc(C)c(NC(=O)/C=C/c4cc(Cl)cc(Cl)c4OC)cc3n2)cc1. The quantitative estimate of drug-likeness (QED) is 0.356. The van der Waals surface area contributed by atoms with Crippen LogP contribution in [0.1, 0.15) is 11.1 Å². The number of fused-ring (bicyclic) bond motifs is 1. The summed E-state index contributed by atoms with van der Waals surface area (Å²) in [6.45, 7) is 1.89. The molecule has 3 aromatic carbocycles. The number of anilines is 1. The number of carbonyl (C=O) groups excluding carboxylic acids is 1. The second-order valence-electron chi connectivity index (χ2n) is 7.18. The smallest absolute Gasteiger partial charge is 0.248 e. The molecule has 0 radical (unpaired) electrons. The van der Waals surface area contributed by atoms with Crippen molar-refractivity contribution in [2.75, 3.05) is 19.5 Å². The van der Waals surface area contributed by atoms with Crippen LogP contribution in [0, 0.1) is 6.92 Å². The molecule has 4 rings (SSSR count). The van der Waals surface area contributed by atoms with Crippen molar-refractivity contribution in [3.63, 3.8) is 0 Å². The third-order valence-electron chi connectivity index (χ3n) is 4.94. The third-order valence-corrected chi connectivity index (χ3v) is 5.44. The van der Waals surface area contributed by atoms with E-state index in [4.69, 9.17) is 32.7 Å². The zero-order chi connectivity index (χ0) is 23.5. The van der Waals surface area contributed by atoms with Crippen molar-refractivity contribution in [3.05, 3.63) is 75.8 Å². The number of halogens is 2. The summed E-state index contributed by atoms with van der Waals surface area (Å²) in [7, 11) is 3.12. The molecule has 0 atom stereocenters. The summed E-state index contributed by atoms with van der Waals surface area (Å²) >= 11 is 12.2. The normalized spacial score (nSPS) is 11.2. The highest BCUT2D eigenvalue weighted by atomic mass is 35.5. The van der Waals surface area contributed by atoms with Gasteiger partial charge in [0.1, 0.15) is 22.5 Å². The minimum atomic E-state index is -0.321. The maximum Gasteiger partial charge on any atom is 0.248 e. The van der Waals surface area contributed by atoms with Gasteiger partial charge in [0.05, 0.1) is 24.9 Å². The summed E-state index contributed by atoms with van der Waals surface area (Å²) in [6.07, 6.45) is 2.99. The molecule has 1 amide bonds. The van der Waals surface area contributed by atoms with Crippen molar-refractivity contribution >= 4 is 51.9 Å². The van der Waals surface area contributed by atoms with E-state index in [1.165, 1.54) is 13.2 Å². The highest BCUT2D eigenvalue weighted by Gasteiger charge is 2.11. The van der Waals surface area contributed by atoms with Crippen molar-refractivity contribution in [2.24, 2.45) is 0 Å². The lowest BCUT2D eigenvalue weighted by molar-refractivity contribution is -0.111. The monoisotopic (exact) mass is 482 g/mol. The number of amides is 1. The van der Waals surface area contributed by atoms with E-state index in [0.717, 1.165) is 22.5 Å². The first-order valence-corrected chi connectivity index (χ1v) is 10.7. The van der Waals surface area contributed by atoms with E-state index < -0.39 is 0 Å². The summed E-state index contributed by atoms with van der Waals surface area (Å²) in [5, 5.41) is 12.8. The summed E-state index contributed by atoms with van der Waals surface area (Å²) in [5.41, 5.74) is 4.26. The van der Waals surface area contributed by atoms with Crippen molar-refractivity contribution in [2.45, 2.75) is 6.92 Å². The molecule has 33 heavy (non-hydrogen) atoms. The Labute approximate surface area is 200 Å². The van der Waals surface area contributed by atoms with E-state index in [9.17, 15) is 4.79 Å². The second kappa shape index (κ2) is 9.52. The predicted octanol–water partition coefficient (Wildman–Crippen LogP) is 5.70. The molecule has 1 aromatic heterocycles. The molecule has 4 aromatic rings. The number of nitrogens with one attached hydrogen (secondary N) is 1. The number of aryl methyl sites for hydroxylation is 1. The molecule has 0 aliphatic heterocycles. The van der Waals surface area contributed by atoms with Crippen LogP contribution < -0.4 is 14.8 Å². The van der Waals surface area contributed by atoms with Gasteiger partial charge in [0.15, 0.2) is 0 Å². The van der Waals surface area contributed by atoms with Gasteiger partial charge in [-0.2, -0.15) is 4.80 Å². The predicted molar refractivity (Wildman–Crippen MR) is 131 cm³/mol. The van der Waals surface area contributed by atoms with Crippen LogP contribution in [0.2, 0.25) is 10.0 Å². The summed E-state index contributed by atoms with van der Waals surface area (Å²) < 4.78 is 10.5. The molecule has 0 spiro atoms. The molecule has 0 aliphatic rings. The van der Waals surface area contributed by atoms with Gasteiger partial charge < -0.3 is 14.8 Å². The standard InChI is InChI=1S/C24H20Cl2N4O3/c1-14-10-21-22(29-30(28-21)17-5-7-18(32-2)8-6-17)13-20(14)27-23(31)9-4-15-11-16(25)12-19(26)24(15)33-3/h4-13H,1-3H3,(H,27,31)/b9-4+. The third kappa shape index (κ3) is 4.94. The van der Waals surface area contributed by atoms with Crippen LogP contribution in [0.15, 0.2) is 54.6 Å². The lowest BCUT2D eigenvalue weighted by Crippen LogP contribution is -2.09. The number of ether oxygens (including phenoxy) is 2. The van der Waals surface area contributed by atoms with Crippen LogP contribution in [-0.4, -0.2) is 35.1 Å². The van der Waals surface area contributed by atoms with Crippen LogP contribution in [0.3, 0.4) is 0 Å². The Balaban J connectivity index is 1.56. The Morgan fingerprint density at radius 1 is 1.00 bits per heavy atom. The number of hydrogen-bond donors (Lipinski definition) is 1. The first-order chi connectivity index (χ1) is 15.9. The highest BCUT2D eigenvalue weighted by molar-refractivity contribution is 6.36. The Hall–Kier alpha value is -3.55. The maximum absolute atomic E-state index is 12.6. The summed E-state index contributed by atoms with van der Waals surface area (Å²) in [6, 6.07) is 14.3. The molecule has 1 N–H and O–H groups in total. The number of nitrogens with zero attached hydrogens (tertiary/aromatic N) is 3. The molecule has 0 saturated carbocycles. The minimum absolute atomic E-state index is 0.321. The van der Waals surface area contributed by atoms with Gasteiger partial charge in [-0.05, 0) is 67.1 Å². The van der Waals surface area contributed by atoms with Gasteiger partial charge in [0.2, 0.25) is 5.91 Å². The molecule has 168 valence electrons. The van der Waals surface area contributed by atoms with Crippen molar-refractivity contribution in [3.8, 4) is 17.2 Å². The van der Waals surface area contributed by atoms with Crippen molar-refractivity contribution in [1.29, 1.82) is 0 Å². The Kier molecular flexibility index (Phi) is 6.53. The fraction of sp³-hybridized carbons (Fsp3) is 0.125. The van der Waals surface area contributed by atoms with E-state index in [2.05, 4.69) is 15.5 Å². The molecular weight excluding hydrogens is 463 g/mol. The van der Waals surface area contributed by atoms with E-state index in [-0.39, 0.29) is 5.91 Å². The van der Waals surface area contributed by atoms with E-state index >= 15 is 0 Å². The van der Waals surface area contributed by atoms with Gasteiger partial charge in [-0.1, -0.05) is 23.2 Å². The topological polar surface area (TPSA) is 78.3 Å².